The van der Waals surface area contributed by atoms with Gasteiger partial charge in [-0.1, -0.05) is 13.8 Å². The molecule has 1 unspecified atom stereocenters. The lowest BCUT2D eigenvalue weighted by atomic mass is 10.0. The van der Waals surface area contributed by atoms with Gasteiger partial charge in [-0.2, -0.15) is 0 Å². The number of rotatable bonds is 6. The largest absolute Gasteiger partial charge is 0.343 e. The first-order valence-corrected chi connectivity index (χ1v) is 5.55. The van der Waals surface area contributed by atoms with Crippen LogP contribution in [0.3, 0.4) is 0 Å². The zero-order valence-electron chi connectivity index (χ0n) is 9.92. The van der Waals surface area contributed by atoms with Gasteiger partial charge in [-0.3, -0.25) is 4.79 Å². The topological polar surface area (TPSA) is 46.3 Å². The zero-order chi connectivity index (χ0) is 11.1. The van der Waals surface area contributed by atoms with Crippen molar-refractivity contribution in [3.8, 4) is 0 Å². The van der Waals surface area contributed by atoms with Crippen LogP contribution in [0.15, 0.2) is 0 Å². The van der Waals surface area contributed by atoms with Crippen molar-refractivity contribution in [2.24, 2.45) is 11.7 Å². The third-order valence-corrected chi connectivity index (χ3v) is 2.93. The van der Waals surface area contributed by atoms with E-state index < -0.39 is 0 Å². The number of amides is 1. The highest BCUT2D eigenvalue weighted by Crippen LogP contribution is 2.13. The van der Waals surface area contributed by atoms with Crippen molar-refractivity contribution in [1.29, 1.82) is 0 Å². The number of hydrogen-bond donors (Lipinski definition) is 1. The Morgan fingerprint density at radius 3 is 2.21 bits per heavy atom. The van der Waals surface area contributed by atoms with Crippen molar-refractivity contribution >= 4 is 5.91 Å². The Bertz CT molecular complexity index is 167. The molecule has 0 spiro atoms. The lowest BCUT2D eigenvalue weighted by molar-refractivity contribution is -0.136. The summed E-state index contributed by atoms with van der Waals surface area (Å²) in [6, 6.07) is 0.257. The molecule has 0 fully saturated rings. The average Bonchev–Trinajstić information content (AvgIpc) is 2.18. The summed E-state index contributed by atoms with van der Waals surface area (Å²) in [5.41, 5.74) is 5.47. The molecule has 0 saturated heterocycles. The summed E-state index contributed by atoms with van der Waals surface area (Å²) < 4.78 is 0. The Kier molecular flexibility index (Phi) is 6.54. The van der Waals surface area contributed by atoms with Gasteiger partial charge in [0.1, 0.15) is 0 Å². The fourth-order valence-electron chi connectivity index (χ4n) is 1.58. The Morgan fingerprint density at radius 1 is 1.36 bits per heavy atom. The van der Waals surface area contributed by atoms with Gasteiger partial charge in [-0.25, -0.2) is 0 Å². The average molecular weight is 200 g/mol. The smallest absolute Gasteiger partial charge is 0.225 e. The first kappa shape index (κ1) is 13.4. The molecular weight excluding hydrogens is 176 g/mol. The van der Waals surface area contributed by atoms with Crippen LogP contribution in [0, 0.1) is 5.92 Å². The van der Waals surface area contributed by atoms with E-state index in [9.17, 15) is 4.79 Å². The fourth-order valence-corrected chi connectivity index (χ4v) is 1.58. The zero-order valence-corrected chi connectivity index (χ0v) is 9.92. The SMILES string of the molecule is CCC(CC)C(=O)N(C)C(C)CCN. The Labute approximate surface area is 87.6 Å². The normalized spacial score (nSPS) is 13.0. The molecule has 0 rings (SSSR count). The first-order chi connectivity index (χ1) is 6.58. The summed E-state index contributed by atoms with van der Waals surface area (Å²) >= 11 is 0. The highest BCUT2D eigenvalue weighted by molar-refractivity contribution is 5.78. The van der Waals surface area contributed by atoms with Crippen molar-refractivity contribution in [2.75, 3.05) is 13.6 Å². The monoisotopic (exact) mass is 200 g/mol. The summed E-state index contributed by atoms with van der Waals surface area (Å²) in [6.45, 7) is 6.82. The molecule has 0 bridgehead atoms. The molecule has 0 aromatic heterocycles. The highest BCUT2D eigenvalue weighted by Gasteiger charge is 2.21. The van der Waals surface area contributed by atoms with Crippen LogP contribution in [0.2, 0.25) is 0 Å². The molecule has 14 heavy (non-hydrogen) atoms. The molecule has 0 aromatic carbocycles. The lowest BCUT2D eigenvalue weighted by Crippen LogP contribution is -2.39. The second kappa shape index (κ2) is 6.82. The predicted molar refractivity (Wildman–Crippen MR) is 60.0 cm³/mol. The van der Waals surface area contributed by atoms with Crippen LogP contribution < -0.4 is 5.73 Å². The van der Waals surface area contributed by atoms with E-state index in [4.69, 9.17) is 5.73 Å². The van der Waals surface area contributed by atoms with Crippen LogP contribution in [-0.2, 0) is 4.79 Å². The van der Waals surface area contributed by atoms with Gasteiger partial charge >= 0.3 is 0 Å². The van der Waals surface area contributed by atoms with Crippen molar-refractivity contribution in [1.82, 2.24) is 4.90 Å². The van der Waals surface area contributed by atoms with Crippen LogP contribution in [0.4, 0.5) is 0 Å². The Morgan fingerprint density at radius 2 is 1.86 bits per heavy atom. The molecule has 0 heterocycles. The number of nitrogens with two attached hydrogens (primary N) is 1. The van der Waals surface area contributed by atoms with Gasteiger partial charge in [0.05, 0.1) is 0 Å². The van der Waals surface area contributed by atoms with Crippen molar-refractivity contribution in [3.63, 3.8) is 0 Å². The van der Waals surface area contributed by atoms with Gasteiger partial charge in [0.2, 0.25) is 5.91 Å². The van der Waals surface area contributed by atoms with Crippen LogP contribution in [0.1, 0.15) is 40.0 Å². The third kappa shape index (κ3) is 3.66. The number of carbonyl (C=O) groups is 1. The summed E-state index contributed by atoms with van der Waals surface area (Å²) in [5, 5.41) is 0. The minimum Gasteiger partial charge on any atom is -0.343 e. The van der Waals surface area contributed by atoms with Crippen LogP contribution in [-0.4, -0.2) is 30.4 Å². The van der Waals surface area contributed by atoms with Gasteiger partial charge in [0, 0.05) is 19.0 Å². The summed E-state index contributed by atoms with van der Waals surface area (Å²) in [7, 11) is 1.88. The minimum absolute atomic E-state index is 0.181. The van der Waals surface area contributed by atoms with E-state index in [1.807, 2.05) is 18.9 Å². The number of carbonyl (C=O) groups excluding carboxylic acids is 1. The van der Waals surface area contributed by atoms with Crippen molar-refractivity contribution < 1.29 is 4.79 Å². The highest BCUT2D eigenvalue weighted by atomic mass is 16.2. The molecule has 0 saturated carbocycles. The molecular formula is C11H24N2O. The van der Waals surface area contributed by atoms with Gasteiger partial charge in [-0.15, -0.1) is 0 Å². The van der Waals surface area contributed by atoms with E-state index in [1.165, 1.54) is 0 Å². The first-order valence-electron chi connectivity index (χ1n) is 5.55. The van der Waals surface area contributed by atoms with Gasteiger partial charge in [0.25, 0.3) is 0 Å². The molecule has 2 N–H and O–H groups in total. The molecule has 0 aliphatic heterocycles. The molecule has 0 aliphatic carbocycles. The molecule has 0 aliphatic rings. The van der Waals surface area contributed by atoms with Crippen LogP contribution in [0.25, 0.3) is 0 Å². The van der Waals surface area contributed by atoms with E-state index in [2.05, 4.69) is 13.8 Å². The molecule has 1 atom stereocenters. The van der Waals surface area contributed by atoms with Crippen molar-refractivity contribution in [2.45, 2.75) is 46.1 Å². The van der Waals surface area contributed by atoms with Gasteiger partial charge < -0.3 is 10.6 Å². The third-order valence-electron chi connectivity index (χ3n) is 2.93. The van der Waals surface area contributed by atoms with Crippen LogP contribution in [0.5, 0.6) is 0 Å². The van der Waals surface area contributed by atoms with E-state index in [0.29, 0.717) is 6.54 Å². The van der Waals surface area contributed by atoms with Gasteiger partial charge in [-0.05, 0) is 32.7 Å². The Hall–Kier alpha value is -0.570. The second-order valence-corrected chi connectivity index (χ2v) is 3.89. The lowest BCUT2D eigenvalue weighted by Gasteiger charge is -2.28. The van der Waals surface area contributed by atoms with Crippen molar-refractivity contribution in [3.05, 3.63) is 0 Å². The van der Waals surface area contributed by atoms with E-state index in [0.717, 1.165) is 19.3 Å². The minimum atomic E-state index is 0.181. The predicted octanol–water partition coefficient (Wildman–Crippen LogP) is 1.62. The maximum absolute atomic E-state index is 11.9. The van der Waals surface area contributed by atoms with Gasteiger partial charge in [0.15, 0.2) is 0 Å². The summed E-state index contributed by atoms with van der Waals surface area (Å²) in [4.78, 5) is 13.7. The summed E-state index contributed by atoms with van der Waals surface area (Å²) in [6.07, 6.45) is 2.73. The number of hydrogen-bond acceptors (Lipinski definition) is 2. The van der Waals surface area contributed by atoms with E-state index in [-0.39, 0.29) is 17.9 Å². The Balaban J connectivity index is 4.21. The van der Waals surface area contributed by atoms with Crippen LogP contribution >= 0.6 is 0 Å². The second-order valence-electron chi connectivity index (χ2n) is 3.89. The molecule has 3 heteroatoms. The molecule has 84 valence electrons. The van der Waals surface area contributed by atoms with E-state index in [1.54, 1.807) is 0 Å². The number of nitrogens with zero attached hydrogens (tertiary/aromatic N) is 1. The fraction of sp³-hybridized carbons (Fsp3) is 0.909. The quantitative estimate of drug-likeness (QED) is 0.708. The maximum atomic E-state index is 11.9. The molecule has 0 aromatic rings. The molecule has 0 radical (unpaired) electrons. The molecule has 1 amide bonds. The summed E-state index contributed by atoms with van der Waals surface area (Å²) in [5.74, 6) is 0.441. The standard InChI is InChI=1S/C11H24N2O/c1-5-10(6-2)11(14)13(4)9(3)7-8-12/h9-10H,5-8,12H2,1-4H3. The molecule has 3 nitrogen and oxygen atoms in total. The van der Waals surface area contributed by atoms with E-state index >= 15 is 0 Å². The maximum Gasteiger partial charge on any atom is 0.225 e.